The van der Waals surface area contributed by atoms with Gasteiger partial charge in [0, 0.05) is 5.41 Å². The monoisotopic (exact) mass is 334 g/mol. The van der Waals surface area contributed by atoms with Gasteiger partial charge in [-0.1, -0.05) is 50.3 Å². The number of hydrogen-bond acceptors (Lipinski definition) is 2. The van der Waals surface area contributed by atoms with Gasteiger partial charge in [0.2, 0.25) is 0 Å². The van der Waals surface area contributed by atoms with E-state index in [9.17, 15) is 0 Å². The van der Waals surface area contributed by atoms with Crippen molar-refractivity contribution in [3.8, 4) is 11.5 Å². The summed E-state index contributed by atoms with van der Waals surface area (Å²) < 4.78 is 10.6. The minimum atomic E-state index is 0.0149. The molecule has 0 saturated carbocycles. The molecule has 2 heteroatoms. The van der Waals surface area contributed by atoms with Crippen LogP contribution in [0.15, 0.2) is 60.7 Å². The van der Waals surface area contributed by atoms with Crippen molar-refractivity contribution in [3.63, 3.8) is 0 Å². The Kier molecular flexibility index (Phi) is 4.98. The van der Waals surface area contributed by atoms with Crippen LogP contribution < -0.4 is 9.47 Å². The Labute approximate surface area is 150 Å². The zero-order valence-corrected chi connectivity index (χ0v) is 15.5. The molecule has 0 amide bonds. The maximum Gasteiger partial charge on any atom is 0.118 e. The van der Waals surface area contributed by atoms with Gasteiger partial charge >= 0.3 is 0 Å². The van der Waals surface area contributed by atoms with Gasteiger partial charge in [-0.15, -0.1) is 0 Å². The molecule has 130 valence electrons. The first kappa shape index (κ1) is 17.3. The van der Waals surface area contributed by atoms with Gasteiger partial charge < -0.3 is 9.47 Å². The predicted octanol–water partition coefficient (Wildman–Crippen LogP) is 5.99. The molecule has 2 nitrogen and oxygen atoms in total. The normalized spacial score (nSPS) is 16.5. The largest absolute Gasteiger partial charge is 0.497 e. The van der Waals surface area contributed by atoms with Crippen LogP contribution in [0.25, 0.3) is 11.1 Å². The Balaban J connectivity index is 1.86. The number of methoxy groups -OCH3 is 2. The molecule has 0 bridgehead atoms. The number of allylic oxidation sites excluding steroid dienone is 4. The smallest absolute Gasteiger partial charge is 0.118 e. The lowest BCUT2D eigenvalue weighted by atomic mass is 9.88. The molecule has 0 spiro atoms. The standard InChI is InChI=1S/C23H26O2/c1-23(2)15-19(17-7-11-21(24-3)12-8-17)5-6-20(16-23)18-9-13-22(25-4)14-10-18/h7-16H,5-6H2,1-4H3. The van der Waals surface area contributed by atoms with E-state index in [2.05, 4.69) is 50.3 Å². The van der Waals surface area contributed by atoms with Crippen molar-refractivity contribution in [2.24, 2.45) is 5.41 Å². The van der Waals surface area contributed by atoms with Crippen molar-refractivity contribution in [1.29, 1.82) is 0 Å². The maximum absolute atomic E-state index is 5.28. The number of benzene rings is 2. The second-order valence-corrected chi connectivity index (χ2v) is 7.12. The van der Waals surface area contributed by atoms with E-state index < -0.39 is 0 Å². The molecule has 3 rings (SSSR count). The molecule has 2 aromatic rings. The van der Waals surface area contributed by atoms with Crippen molar-refractivity contribution in [3.05, 3.63) is 71.8 Å². The Hall–Kier alpha value is -2.48. The molecule has 25 heavy (non-hydrogen) atoms. The van der Waals surface area contributed by atoms with Gasteiger partial charge in [0.25, 0.3) is 0 Å². The van der Waals surface area contributed by atoms with Crippen molar-refractivity contribution in [1.82, 2.24) is 0 Å². The highest BCUT2D eigenvalue weighted by molar-refractivity contribution is 5.75. The van der Waals surface area contributed by atoms with Crippen LogP contribution in [0.3, 0.4) is 0 Å². The van der Waals surface area contributed by atoms with Gasteiger partial charge in [0.1, 0.15) is 11.5 Å². The molecule has 0 fully saturated rings. The van der Waals surface area contributed by atoms with Crippen molar-refractivity contribution < 1.29 is 9.47 Å². The lowest BCUT2D eigenvalue weighted by molar-refractivity contribution is 0.414. The van der Waals surface area contributed by atoms with Crippen molar-refractivity contribution >= 4 is 11.1 Å². The quantitative estimate of drug-likeness (QED) is 0.683. The van der Waals surface area contributed by atoms with Crippen LogP contribution >= 0.6 is 0 Å². The minimum absolute atomic E-state index is 0.0149. The van der Waals surface area contributed by atoms with E-state index in [0.29, 0.717) is 0 Å². The van der Waals surface area contributed by atoms with E-state index >= 15 is 0 Å². The summed E-state index contributed by atoms with van der Waals surface area (Å²) in [6.45, 7) is 4.54. The summed E-state index contributed by atoms with van der Waals surface area (Å²) in [6.07, 6.45) is 6.86. The summed E-state index contributed by atoms with van der Waals surface area (Å²) in [5.74, 6) is 1.79. The molecule has 0 heterocycles. The molecule has 0 aliphatic heterocycles. The van der Waals surface area contributed by atoms with Gasteiger partial charge in [0.05, 0.1) is 14.2 Å². The summed E-state index contributed by atoms with van der Waals surface area (Å²) in [5.41, 5.74) is 5.36. The highest BCUT2D eigenvalue weighted by Gasteiger charge is 2.20. The fourth-order valence-electron chi connectivity index (χ4n) is 3.42. The predicted molar refractivity (Wildman–Crippen MR) is 105 cm³/mol. The van der Waals surface area contributed by atoms with Crippen LogP contribution in [0.1, 0.15) is 37.8 Å². The van der Waals surface area contributed by atoms with Crippen molar-refractivity contribution in [2.45, 2.75) is 26.7 Å². The highest BCUT2D eigenvalue weighted by Crippen LogP contribution is 2.38. The van der Waals surface area contributed by atoms with E-state index in [-0.39, 0.29) is 5.41 Å². The zero-order valence-electron chi connectivity index (χ0n) is 15.5. The van der Waals surface area contributed by atoms with Crippen LogP contribution in [0.5, 0.6) is 11.5 Å². The molecule has 0 saturated heterocycles. The van der Waals surface area contributed by atoms with Crippen molar-refractivity contribution in [2.75, 3.05) is 14.2 Å². The molecule has 0 unspecified atom stereocenters. The van der Waals surface area contributed by atoms with Gasteiger partial charge in [-0.2, -0.15) is 0 Å². The molecule has 0 aromatic heterocycles. The fraction of sp³-hybridized carbons (Fsp3) is 0.304. The third kappa shape index (κ3) is 4.14. The van der Waals surface area contributed by atoms with Gasteiger partial charge in [0.15, 0.2) is 0 Å². The number of hydrogen-bond donors (Lipinski definition) is 0. The van der Waals surface area contributed by atoms with E-state index in [1.165, 1.54) is 22.3 Å². The second kappa shape index (κ2) is 7.18. The Morgan fingerprint density at radius 1 is 0.640 bits per heavy atom. The van der Waals surface area contributed by atoms with Crippen LogP contribution in [-0.2, 0) is 0 Å². The summed E-state index contributed by atoms with van der Waals surface area (Å²) >= 11 is 0. The molecule has 1 aliphatic rings. The highest BCUT2D eigenvalue weighted by atomic mass is 16.5. The summed E-state index contributed by atoms with van der Waals surface area (Å²) in [5, 5.41) is 0. The van der Waals surface area contributed by atoms with E-state index in [4.69, 9.17) is 9.47 Å². The zero-order chi connectivity index (χ0) is 17.9. The van der Waals surface area contributed by atoms with E-state index in [0.717, 1.165) is 24.3 Å². The number of rotatable bonds is 4. The van der Waals surface area contributed by atoms with Crippen LogP contribution in [-0.4, -0.2) is 14.2 Å². The average molecular weight is 334 g/mol. The molecular formula is C23H26O2. The number of ether oxygens (including phenoxy) is 2. The lowest BCUT2D eigenvalue weighted by Gasteiger charge is -2.17. The first-order valence-corrected chi connectivity index (χ1v) is 8.73. The molecule has 0 N–H and O–H groups in total. The fourth-order valence-corrected chi connectivity index (χ4v) is 3.42. The van der Waals surface area contributed by atoms with Gasteiger partial charge in [-0.25, -0.2) is 0 Å². The summed E-state index contributed by atoms with van der Waals surface area (Å²) in [4.78, 5) is 0. The molecule has 0 atom stereocenters. The molecule has 0 radical (unpaired) electrons. The van der Waals surface area contributed by atoms with Gasteiger partial charge in [-0.05, 0) is 59.4 Å². The Morgan fingerprint density at radius 2 is 1.00 bits per heavy atom. The third-order valence-corrected chi connectivity index (χ3v) is 4.68. The Morgan fingerprint density at radius 3 is 1.32 bits per heavy atom. The molecule has 1 aliphatic carbocycles. The SMILES string of the molecule is COc1ccc(C2=CC(C)(C)C=C(c3ccc(OC)cc3)CC2)cc1. The van der Waals surface area contributed by atoms with Gasteiger partial charge in [-0.3, -0.25) is 0 Å². The maximum atomic E-state index is 5.28. The van der Waals surface area contributed by atoms with Crippen LogP contribution in [0.2, 0.25) is 0 Å². The van der Waals surface area contributed by atoms with E-state index in [1.807, 2.05) is 24.3 Å². The first-order chi connectivity index (χ1) is 12.0. The minimum Gasteiger partial charge on any atom is -0.497 e. The Bertz CT molecular complexity index is 710. The first-order valence-electron chi connectivity index (χ1n) is 8.73. The average Bonchev–Trinajstić information content (AvgIpc) is 2.80. The van der Waals surface area contributed by atoms with Crippen LogP contribution in [0, 0.1) is 5.41 Å². The molecule has 2 aromatic carbocycles. The summed E-state index contributed by atoms with van der Waals surface area (Å²) in [7, 11) is 3.40. The third-order valence-electron chi connectivity index (χ3n) is 4.68. The second-order valence-electron chi connectivity index (χ2n) is 7.12. The van der Waals surface area contributed by atoms with E-state index in [1.54, 1.807) is 14.2 Å². The van der Waals surface area contributed by atoms with Crippen LogP contribution in [0.4, 0.5) is 0 Å². The molecular weight excluding hydrogens is 308 g/mol. The lowest BCUT2D eigenvalue weighted by Crippen LogP contribution is -2.03. The summed E-state index contributed by atoms with van der Waals surface area (Å²) in [6, 6.07) is 16.7. The topological polar surface area (TPSA) is 18.5 Å².